The van der Waals surface area contributed by atoms with Crippen molar-refractivity contribution in [3.05, 3.63) is 35.9 Å². The van der Waals surface area contributed by atoms with Crippen LogP contribution in [0, 0.1) is 5.92 Å². The first kappa shape index (κ1) is 21.4. The highest BCUT2D eigenvalue weighted by molar-refractivity contribution is 5.80. The van der Waals surface area contributed by atoms with Gasteiger partial charge in [0.05, 0.1) is 12.1 Å². The van der Waals surface area contributed by atoms with Crippen LogP contribution in [0.25, 0.3) is 0 Å². The van der Waals surface area contributed by atoms with E-state index in [1.54, 1.807) is 11.9 Å². The number of guanidine groups is 1. The molecule has 1 aromatic rings. The molecule has 7 nitrogen and oxygen atoms in total. The molecular formula is C22H34N4O3. The number of amides is 1. The summed E-state index contributed by atoms with van der Waals surface area (Å²) in [7, 11) is 1.77. The zero-order valence-electron chi connectivity index (χ0n) is 18.0. The van der Waals surface area contributed by atoms with E-state index in [4.69, 9.17) is 9.47 Å². The van der Waals surface area contributed by atoms with Gasteiger partial charge in [0.25, 0.3) is 0 Å². The minimum absolute atomic E-state index is 0.113. The molecule has 2 aliphatic heterocycles. The van der Waals surface area contributed by atoms with E-state index in [-0.39, 0.29) is 18.2 Å². The number of nitrogens with one attached hydrogen (secondary N) is 2. The van der Waals surface area contributed by atoms with Gasteiger partial charge in [-0.25, -0.2) is 4.79 Å². The summed E-state index contributed by atoms with van der Waals surface area (Å²) in [5, 5.41) is 6.84. The fourth-order valence-corrected chi connectivity index (χ4v) is 3.72. The SMILES string of the molecule is CN=C(NCC1CCCOC1c1ccccc1)NC1CN(C(=O)OC(C)(C)C)C1. The van der Waals surface area contributed by atoms with E-state index >= 15 is 0 Å². The van der Waals surface area contributed by atoms with E-state index in [9.17, 15) is 4.79 Å². The summed E-state index contributed by atoms with van der Waals surface area (Å²) < 4.78 is 11.5. The van der Waals surface area contributed by atoms with Gasteiger partial charge in [0.1, 0.15) is 5.60 Å². The monoisotopic (exact) mass is 402 g/mol. The van der Waals surface area contributed by atoms with Crippen molar-refractivity contribution in [1.82, 2.24) is 15.5 Å². The summed E-state index contributed by atoms with van der Waals surface area (Å²) >= 11 is 0. The second kappa shape index (κ2) is 9.48. The van der Waals surface area contributed by atoms with E-state index in [1.807, 2.05) is 26.8 Å². The first-order chi connectivity index (χ1) is 13.9. The molecule has 2 unspecified atom stereocenters. The fraction of sp³-hybridized carbons (Fsp3) is 0.636. The molecule has 0 aromatic heterocycles. The van der Waals surface area contributed by atoms with Crippen LogP contribution in [0.15, 0.2) is 35.3 Å². The molecule has 2 aliphatic rings. The first-order valence-corrected chi connectivity index (χ1v) is 10.5. The summed E-state index contributed by atoms with van der Waals surface area (Å²) in [6.07, 6.45) is 2.06. The van der Waals surface area contributed by atoms with Gasteiger partial charge in [-0.3, -0.25) is 4.99 Å². The molecule has 0 radical (unpaired) electrons. The van der Waals surface area contributed by atoms with Gasteiger partial charge in [-0.2, -0.15) is 0 Å². The Bertz CT molecular complexity index is 696. The second-order valence-corrected chi connectivity index (χ2v) is 8.78. The first-order valence-electron chi connectivity index (χ1n) is 10.5. The van der Waals surface area contributed by atoms with E-state index in [2.05, 4.69) is 39.9 Å². The van der Waals surface area contributed by atoms with E-state index in [0.717, 1.165) is 32.0 Å². The number of carbonyl (C=O) groups is 1. The van der Waals surface area contributed by atoms with Crippen LogP contribution in [0.2, 0.25) is 0 Å². The molecular weight excluding hydrogens is 368 g/mol. The Labute approximate surface area is 173 Å². The van der Waals surface area contributed by atoms with Gasteiger partial charge in [-0.05, 0) is 39.2 Å². The van der Waals surface area contributed by atoms with Crippen LogP contribution >= 0.6 is 0 Å². The molecule has 0 saturated carbocycles. The summed E-state index contributed by atoms with van der Waals surface area (Å²) in [6, 6.07) is 10.6. The smallest absolute Gasteiger partial charge is 0.410 e. The van der Waals surface area contributed by atoms with Gasteiger partial charge >= 0.3 is 6.09 Å². The zero-order chi connectivity index (χ0) is 20.9. The number of benzene rings is 1. The third-order valence-electron chi connectivity index (χ3n) is 5.20. The van der Waals surface area contributed by atoms with Crippen molar-refractivity contribution in [2.75, 3.05) is 33.3 Å². The van der Waals surface area contributed by atoms with Gasteiger partial charge < -0.3 is 25.0 Å². The highest BCUT2D eigenvalue weighted by Crippen LogP contribution is 2.33. The lowest BCUT2D eigenvalue weighted by Crippen LogP contribution is -2.63. The number of hydrogen-bond acceptors (Lipinski definition) is 4. The highest BCUT2D eigenvalue weighted by atomic mass is 16.6. The molecule has 29 heavy (non-hydrogen) atoms. The van der Waals surface area contributed by atoms with Crippen LogP contribution < -0.4 is 10.6 Å². The number of rotatable bonds is 4. The average Bonchev–Trinajstić information content (AvgIpc) is 2.66. The van der Waals surface area contributed by atoms with Crippen LogP contribution in [0.3, 0.4) is 0 Å². The van der Waals surface area contributed by atoms with Gasteiger partial charge in [0.2, 0.25) is 0 Å². The minimum Gasteiger partial charge on any atom is -0.444 e. The van der Waals surface area contributed by atoms with Gasteiger partial charge in [-0.15, -0.1) is 0 Å². The predicted octanol–water partition coefficient (Wildman–Crippen LogP) is 2.94. The Morgan fingerprint density at radius 2 is 2.00 bits per heavy atom. The maximum absolute atomic E-state index is 12.1. The molecule has 2 atom stereocenters. The van der Waals surface area contributed by atoms with Crippen LogP contribution in [0.1, 0.15) is 45.3 Å². The van der Waals surface area contributed by atoms with Gasteiger partial charge in [-0.1, -0.05) is 30.3 Å². The molecule has 2 N–H and O–H groups in total. The molecule has 160 valence electrons. The molecule has 1 aromatic carbocycles. The normalized spacial score (nSPS) is 23.3. The van der Waals surface area contributed by atoms with Crippen molar-refractivity contribution < 1.29 is 14.3 Å². The molecule has 1 amide bonds. The van der Waals surface area contributed by atoms with E-state index in [0.29, 0.717) is 19.0 Å². The lowest BCUT2D eigenvalue weighted by Gasteiger charge is -2.40. The van der Waals surface area contributed by atoms with Crippen LogP contribution in [-0.2, 0) is 9.47 Å². The average molecular weight is 403 g/mol. The van der Waals surface area contributed by atoms with Crippen LogP contribution in [-0.4, -0.2) is 61.9 Å². The third-order valence-corrected chi connectivity index (χ3v) is 5.20. The molecule has 2 heterocycles. The van der Waals surface area contributed by atoms with Crippen molar-refractivity contribution in [1.29, 1.82) is 0 Å². The zero-order valence-corrected chi connectivity index (χ0v) is 18.0. The standard InChI is InChI=1S/C22H34N4O3/c1-22(2,3)29-21(27)26-14-18(15-26)25-20(23-4)24-13-17-11-8-12-28-19(17)16-9-6-5-7-10-16/h5-7,9-10,17-19H,8,11-15H2,1-4H3,(H2,23,24,25). The molecule has 0 aliphatic carbocycles. The maximum atomic E-state index is 12.1. The quantitative estimate of drug-likeness (QED) is 0.598. The van der Waals surface area contributed by atoms with Gasteiger partial charge in [0.15, 0.2) is 5.96 Å². The summed E-state index contributed by atoms with van der Waals surface area (Å²) in [4.78, 5) is 18.1. The Balaban J connectivity index is 1.45. The number of ether oxygens (including phenoxy) is 2. The number of hydrogen-bond donors (Lipinski definition) is 2. The molecule has 0 bridgehead atoms. The van der Waals surface area contributed by atoms with Crippen molar-refractivity contribution in [3.63, 3.8) is 0 Å². The summed E-state index contributed by atoms with van der Waals surface area (Å²) in [5.74, 6) is 1.15. The number of nitrogens with zero attached hydrogens (tertiary/aromatic N) is 2. The van der Waals surface area contributed by atoms with Crippen molar-refractivity contribution >= 4 is 12.1 Å². The Morgan fingerprint density at radius 3 is 2.66 bits per heavy atom. The summed E-state index contributed by atoms with van der Waals surface area (Å²) in [6.45, 7) is 8.48. The van der Waals surface area contributed by atoms with Gasteiger partial charge in [0, 0.05) is 39.2 Å². The molecule has 3 rings (SSSR count). The minimum atomic E-state index is -0.468. The molecule has 2 saturated heterocycles. The third kappa shape index (κ3) is 6.10. The number of aliphatic imine (C=N–C) groups is 1. The number of carbonyl (C=O) groups excluding carboxylic acids is 1. The van der Waals surface area contributed by atoms with Crippen molar-refractivity contribution in [3.8, 4) is 0 Å². The van der Waals surface area contributed by atoms with Crippen molar-refractivity contribution in [2.45, 2.75) is 51.4 Å². The maximum Gasteiger partial charge on any atom is 0.410 e. The Kier molecular flexibility index (Phi) is 7.00. The largest absolute Gasteiger partial charge is 0.444 e. The lowest BCUT2D eigenvalue weighted by molar-refractivity contribution is -0.0266. The Hall–Kier alpha value is -2.28. The van der Waals surface area contributed by atoms with E-state index < -0.39 is 5.60 Å². The topological polar surface area (TPSA) is 75.2 Å². The van der Waals surface area contributed by atoms with Crippen LogP contribution in [0.5, 0.6) is 0 Å². The predicted molar refractivity (Wildman–Crippen MR) is 114 cm³/mol. The molecule has 7 heteroatoms. The van der Waals surface area contributed by atoms with E-state index in [1.165, 1.54) is 5.56 Å². The van der Waals surface area contributed by atoms with Crippen molar-refractivity contribution in [2.24, 2.45) is 10.9 Å². The molecule has 0 spiro atoms. The summed E-state index contributed by atoms with van der Waals surface area (Å²) in [5.41, 5.74) is 0.763. The molecule has 2 fully saturated rings. The van der Waals surface area contributed by atoms with Crippen LogP contribution in [0.4, 0.5) is 4.79 Å². The fourth-order valence-electron chi connectivity index (χ4n) is 3.72. The highest BCUT2D eigenvalue weighted by Gasteiger charge is 2.34. The second-order valence-electron chi connectivity index (χ2n) is 8.78. The lowest BCUT2D eigenvalue weighted by atomic mass is 9.89. The Morgan fingerprint density at radius 1 is 1.28 bits per heavy atom. The number of likely N-dealkylation sites (tertiary alicyclic amines) is 1.